The Bertz CT molecular complexity index is 211. The summed E-state index contributed by atoms with van der Waals surface area (Å²) >= 11 is 0. The minimum Gasteiger partial charge on any atom is -0.389 e. The van der Waals surface area contributed by atoms with Crippen LogP contribution in [0.4, 0.5) is 0 Å². The molecule has 0 unspecified atom stereocenters. The number of nitriles is 2. The molecule has 0 aromatic rings. The van der Waals surface area contributed by atoms with E-state index in [1.54, 1.807) is 12.1 Å². The van der Waals surface area contributed by atoms with Gasteiger partial charge in [0, 0.05) is 12.7 Å². The van der Waals surface area contributed by atoms with Crippen molar-refractivity contribution in [3.8, 4) is 12.1 Å². The van der Waals surface area contributed by atoms with Gasteiger partial charge >= 0.3 is 0 Å². The van der Waals surface area contributed by atoms with E-state index in [9.17, 15) is 0 Å². The van der Waals surface area contributed by atoms with Gasteiger partial charge in [0.25, 0.3) is 0 Å². The smallest absolute Gasteiger partial charge is 0.145 e. The first-order valence-electron chi connectivity index (χ1n) is 3.94. The summed E-state index contributed by atoms with van der Waals surface area (Å²) in [4.78, 5) is 0. The van der Waals surface area contributed by atoms with Crippen molar-refractivity contribution in [3.63, 3.8) is 0 Å². The van der Waals surface area contributed by atoms with Gasteiger partial charge in [0.2, 0.25) is 0 Å². The molecule has 64 valence electrons. The Morgan fingerprint density at radius 1 is 1.42 bits per heavy atom. The molecule has 0 saturated heterocycles. The summed E-state index contributed by atoms with van der Waals surface area (Å²) in [7, 11) is 0. The fourth-order valence-electron chi connectivity index (χ4n) is 0.636. The second-order valence-corrected chi connectivity index (χ2v) is 2.92. The van der Waals surface area contributed by atoms with Crippen molar-refractivity contribution >= 4 is 0 Å². The molecule has 0 saturated carbocycles. The zero-order valence-electron chi connectivity index (χ0n) is 7.46. The maximum Gasteiger partial charge on any atom is 0.145 e. The SMILES string of the molecule is CC(C)CCNC=C(C#N)C#N. The third-order valence-electron chi connectivity index (χ3n) is 1.35. The number of rotatable bonds is 4. The number of nitrogens with zero attached hydrogens (tertiary/aromatic N) is 2. The van der Waals surface area contributed by atoms with E-state index >= 15 is 0 Å². The van der Waals surface area contributed by atoms with Gasteiger partial charge in [-0.1, -0.05) is 13.8 Å². The predicted octanol–water partition coefficient (Wildman–Crippen LogP) is 1.55. The summed E-state index contributed by atoms with van der Waals surface area (Å²) in [5.74, 6) is 0.638. The molecule has 0 heterocycles. The molecule has 3 nitrogen and oxygen atoms in total. The standard InChI is InChI=1S/C9H13N3/c1-8(2)3-4-12-7-9(5-10)6-11/h7-8,12H,3-4H2,1-2H3. The van der Waals surface area contributed by atoms with E-state index in [1.807, 2.05) is 0 Å². The van der Waals surface area contributed by atoms with Crippen LogP contribution >= 0.6 is 0 Å². The third kappa shape index (κ3) is 5.32. The molecule has 0 atom stereocenters. The predicted molar refractivity (Wildman–Crippen MR) is 46.8 cm³/mol. The zero-order valence-corrected chi connectivity index (χ0v) is 7.46. The van der Waals surface area contributed by atoms with Crippen molar-refractivity contribution in [2.24, 2.45) is 5.92 Å². The fourth-order valence-corrected chi connectivity index (χ4v) is 0.636. The highest BCUT2D eigenvalue weighted by Crippen LogP contribution is 1.96. The highest BCUT2D eigenvalue weighted by molar-refractivity contribution is 5.34. The van der Waals surface area contributed by atoms with Crippen LogP contribution in [-0.2, 0) is 0 Å². The summed E-state index contributed by atoms with van der Waals surface area (Å²) in [5, 5.41) is 19.6. The van der Waals surface area contributed by atoms with Crippen LogP contribution in [0.25, 0.3) is 0 Å². The lowest BCUT2D eigenvalue weighted by molar-refractivity contribution is 0.571. The molecular weight excluding hydrogens is 150 g/mol. The lowest BCUT2D eigenvalue weighted by atomic mass is 10.1. The first kappa shape index (κ1) is 10.5. The Balaban J connectivity index is 3.62. The van der Waals surface area contributed by atoms with Crippen molar-refractivity contribution in [2.45, 2.75) is 20.3 Å². The summed E-state index contributed by atoms with van der Waals surface area (Å²) in [5.41, 5.74) is 0.124. The summed E-state index contributed by atoms with van der Waals surface area (Å²) < 4.78 is 0. The molecule has 0 rings (SSSR count). The molecule has 12 heavy (non-hydrogen) atoms. The molecule has 3 heteroatoms. The summed E-state index contributed by atoms with van der Waals surface area (Å²) in [6, 6.07) is 3.55. The first-order valence-corrected chi connectivity index (χ1v) is 3.94. The molecule has 0 radical (unpaired) electrons. The number of allylic oxidation sites excluding steroid dienone is 1. The van der Waals surface area contributed by atoms with Crippen LogP contribution in [0.5, 0.6) is 0 Å². The van der Waals surface area contributed by atoms with Crippen LogP contribution in [0.15, 0.2) is 11.8 Å². The van der Waals surface area contributed by atoms with E-state index in [1.165, 1.54) is 6.20 Å². The van der Waals surface area contributed by atoms with Crippen LogP contribution < -0.4 is 5.32 Å². The van der Waals surface area contributed by atoms with Gasteiger partial charge in [-0.25, -0.2) is 0 Å². The van der Waals surface area contributed by atoms with Crippen molar-refractivity contribution in [1.82, 2.24) is 5.32 Å². The second kappa shape index (κ2) is 6.24. The van der Waals surface area contributed by atoms with E-state index in [-0.39, 0.29) is 5.57 Å². The molecule has 0 fully saturated rings. The molecule has 0 spiro atoms. The van der Waals surface area contributed by atoms with Crippen LogP contribution in [0.1, 0.15) is 20.3 Å². The Morgan fingerprint density at radius 2 is 2.00 bits per heavy atom. The molecule has 0 aliphatic heterocycles. The Hall–Kier alpha value is -1.48. The number of hydrogen-bond acceptors (Lipinski definition) is 3. The number of nitrogens with one attached hydrogen (secondary N) is 1. The fraction of sp³-hybridized carbons (Fsp3) is 0.556. The Kier molecular flexibility index (Phi) is 5.47. The van der Waals surface area contributed by atoms with E-state index in [0.29, 0.717) is 5.92 Å². The van der Waals surface area contributed by atoms with Gasteiger partial charge in [-0.2, -0.15) is 10.5 Å². The molecule has 0 aliphatic rings. The average molecular weight is 163 g/mol. The van der Waals surface area contributed by atoms with Gasteiger partial charge in [0.15, 0.2) is 0 Å². The normalized spacial score (nSPS) is 8.42. The largest absolute Gasteiger partial charge is 0.389 e. The highest BCUT2D eigenvalue weighted by Gasteiger charge is 1.92. The van der Waals surface area contributed by atoms with Crippen LogP contribution in [0, 0.1) is 28.6 Å². The average Bonchev–Trinajstić information content (AvgIpc) is 2.04. The highest BCUT2D eigenvalue weighted by atomic mass is 14.8. The zero-order chi connectivity index (χ0) is 9.40. The first-order chi connectivity index (χ1) is 5.70. The molecule has 0 aromatic heterocycles. The molecule has 0 bridgehead atoms. The Morgan fingerprint density at radius 3 is 2.42 bits per heavy atom. The quantitative estimate of drug-likeness (QED) is 0.505. The lowest BCUT2D eigenvalue weighted by Crippen LogP contribution is -2.10. The topological polar surface area (TPSA) is 59.6 Å². The van der Waals surface area contributed by atoms with Gasteiger partial charge < -0.3 is 5.32 Å². The molecule has 1 N–H and O–H groups in total. The van der Waals surface area contributed by atoms with E-state index in [4.69, 9.17) is 10.5 Å². The minimum atomic E-state index is 0.124. The van der Waals surface area contributed by atoms with E-state index in [0.717, 1.165) is 13.0 Å². The lowest BCUT2D eigenvalue weighted by Gasteiger charge is -2.02. The van der Waals surface area contributed by atoms with Crippen LogP contribution in [0.2, 0.25) is 0 Å². The van der Waals surface area contributed by atoms with Crippen LogP contribution in [0.3, 0.4) is 0 Å². The molecular formula is C9H13N3. The van der Waals surface area contributed by atoms with E-state index in [2.05, 4.69) is 19.2 Å². The monoisotopic (exact) mass is 163 g/mol. The Labute approximate surface area is 73.3 Å². The molecule has 0 aromatic carbocycles. The van der Waals surface area contributed by atoms with Gasteiger partial charge in [0.1, 0.15) is 17.7 Å². The van der Waals surface area contributed by atoms with Gasteiger partial charge in [-0.05, 0) is 12.3 Å². The minimum absolute atomic E-state index is 0.124. The molecule has 0 aliphatic carbocycles. The summed E-state index contributed by atoms with van der Waals surface area (Å²) in [6.45, 7) is 5.06. The van der Waals surface area contributed by atoms with Crippen molar-refractivity contribution in [2.75, 3.05) is 6.54 Å². The molecule has 0 amide bonds. The summed E-state index contributed by atoms with van der Waals surface area (Å²) in [6.07, 6.45) is 2.50. The maximum absolute atomic E-state index is 8.35. The van der Waals surface area contributed by atoms with Crippen molar-refractivity contribution < 1.29 is 0 Å². The number of hydrogen-bond donors (Lipinski definition) is 1. The van der Waals surface area contributed by atoms with Crippen molar-refractivity contribution in [3.05, 3.63) is 11.8 Å². The van der Waals surface area contributed by atoms with Gasteiger partial charge in [-0.15, -0.1) is 0 Å². The third-order valence-corrected chi connectivity index (χ3v) is 1.35. The van der Waals surface area contributed by atoms with Gasteiger partial charge in [0.05, 0.1) is 0 Å². The van der Waals surface area contributed by atoms with E-state index < -0.39 is 0 Å². The second-order valence-electron chi connectivity index (χ2n) is 2.92. The van der Waals surface area contributed by atoms with Crippen molar-refractivity contribution in [1.29, 1.82) is 10.5 Å². The maximum atomic E-state index is 8.35. The van der Waals surface area contributed by atoms with Gasteiger partial charge in [-0.3, -0.25) is 0 Å². The van der Waals surface area contributed by atoms with Crippen LogP contribution in [-0.4, -0.2) is 6.54 Å².